The lowest BCUT2D eigenvalue weighted by Gasteiger charge is -2.39. The minimum Gasteiger partial charge on any atom is -0.303 e. The molecule has 4 rings (SSSR count). The van der Waals surface area contributed by atoms with Gasteiger partial charge in [0.1, 0.15) is 0 Å². The lowest BCUT2D eigenvalue weighted by Crippen LogP contribution is -2.49. The highest BCUT2D eigenvalue weighted by Crippen LogP contribution is 2.19. The minimum absolute atomic E-state index is 0.852. The average molecular weight is 378 g/mol. The van der Waals surface area contributed by atoms with Crippen molar-refractivity contribution >= 4 is 0 Å². The molecule has 0 saturated carbocycles. The summed E-state index contributed by atoms with van der Waals surface area (Å²) in [6.45, 7) is 11.1. The number of piperazine rings is 1. The van der Waals surface area contributed by atoms with E-state index in [4.69, 9.17) is 0 Å². The molecule has 0 amide bonds. The summed E-state index contributed by atoms with van der Waals surface area (Å²) in [7, 11) is 0. The molecular weight excluding hydrogens is 342 g/mol. The van der Waals surface area contributed by atoms with Crippen molar-refractivity contribution in [2.24, 2.45) is 5.92 Å². The van der Waals surface area contributed by atoms with Gasteiger partial charge in [-0.15, -0.1) is 0 Å². The Morgan fingerprint density at radius 1 is 0.679 bits per heavy atom. The Labute approximate surface area is 171 Å². The van der Waals surface area contributed by atoms with E-state index >= 15 is 0 Å². The molecule has 2 aliphatic rings. The Morgan fingerprint density at radius 2 is 1.32 bits per heavy atom. The first kappa shape index (κ1) is 19.6. The zero-order chi connectivity index (χ0) is 19.0. The van der Waals surface area contributed by atoms with Crippen LogP contribution in [0.4, 0.5) is 0 Å². The number of rotatable bonds is 7. The fraction of sp³-hybridized carbons (Fsp3) is 0.520. The van der Waals surface area contributed by atoms with Crippen molar-refractivity contribution in [2.45, 2.75) is 25.8 Å². The van der Waals surface area contributed by atoms with Crippen LogP contribution in [0.25, 0.3) is 0 Å². The Balaban J connectivity index is 1.17. The summed E-state index contributed by atoms with van der Waals surface area (Å²) in [6, 6.07) is 21.9. The Bertz CT molecular complexity index is 679. The molecule has 0 bridgehead atoms. The zero-order valence-corrected chi connectivity index (χ0v) is 17.2. The minimum atomic E-state index is 0.852. The number of hydrogen-bond donors (Lipinski definition) is 0. The summed E-state index contributed by atoms with van der Waals surface area (Å²) < 4.78 is 0. The van der Waals surface area contributed by atoms with Gasteiger partial charge in [0.2, 0.25) is 0 Å². The topological polar surface area (TPSA) is 9.72 Å². The number of likely N-dealkylation sites (tertiary alicyclic amines) is 1. The smallest absolute Gasteiger partial charge is 0.0234 e. The summed E-state index contributed by atoms with van der Waals surface area (Å²) in [6.07, 6.45) is 3.96. The summed E-state index contributed by atoms with van der Waals surface area (Å²) in [4.78, 5) is 8.03. The van der Waals surface area contributed by atoms with Crippen molar-refractivity contribution in [3.8, 4) is 0 Å². The predicted molar refractivity (Wildman–Crippen MR) is 117 cm³/mol. The van der Waals surface area contributed by atoms with Crippen molar-refractivity contribution in [1.82, 2.24) is 14.7 Å². The summed E-state index contributed by atoms with van der Waals surface area (Å²) in [5, 5.41) is 0. The molecule has 1 unspecified atom stereocenters. The molecule has 2 saturated heterocycles. The maximum atomic E-state index is 2.72. The summed E-state index contributed by atoms with van der Waals surface area (Å²) in [5.41, 5.74) is 2.91. The van der Waals surface area contributed by atoms with Gasteiger partial charge in [0.15, 0.2) is 0 Å². The third-order valence-electron chi connectivity index (χ3n) is 6.39. The van der Waals surface area contributed by atoms with E-state index in [1.165, 1.54) is 82.7 Å². The van der Waals surface area contributed by atoms with Crippen molar-refractivity contribution in [2.75, 3.05) is 52.4 Å². The van der Waals surface area contributed by atoms with Crippen LogP contribution in [0.2, 0.25) is 0 Å². The Morgan fingerprint density at radius 3 is 2.04 bits per heavy atom. The van der Waals surface area contributed by atoms with Crippen LogP contribution < -0.4 is 0 Å². The average Bonchev–Trinajstić information content (AvgIpc) is 2.76. The highest BCUT2D eigenvalue weighted by atomic mass is 15.3. The third-order valence-corrected chi connectivity index (χ3v) is 6.39. The van der Waals surface area contributed by atoms with Gasteiger partial charge in [-0.1, -0.05) is 60.7 Å². The van der Waals surface area contributed by atoms with Gasteiger partial charge in [-0.2, -0.15) is 0 Å². The van der Waals surface area contributed by atoms with Gasteiger partial charge >= 0.3 is 0 Å². The molecule has 2 heterocycles. The van der Waals surface area contributed by atoms with Crippen molar-refractivity contribution in [3.05, 3.63) is 71.8 Å². The molecule has 2 aromatic carbocycles. The van der Waals surface area contributed by atoms with Gasteiger partial charge in [0.25, 0.3) is 0 Å². The SMILES string of the molecule is c1ccc(CCN2CCCC(CN3CCN(Cc4ccccc4)CC3)C2)cc1. The molecule has 3 heteroatoms. The van der Waals surface area contributed by atoms with Crippen molar-refractivity contribution < 1.29 is 0 Å². The van der Waals surface area contributed by atoms with Crippen LogP contribution in [-0.2, 0) is 13.0 Å². The first-order valence-electron chi connectivity index (χ1n) is 11.1. The highest BCUT2D eigenvalue weighted by molar-refractivity contribution is 5.15. The summed E-state index contributed by atoms with van der Waals surface area (Å²) >= 11 is 0. The van der Waals surface area contributed by atoms with E-state index < -0.39 is 0 Å². The Hall–Kier alpha value is -1.68. The van der Waals surface area contributed by atoms with Crippen molar-refractivity contribution in [1.29, 1.82) is 0 Å². The second-order valence-electron chi connectivity index (χ2n) is 8.61. The molecule has 0 aliphatic carbocycles. The first-order chi connectivity index (χ1) is 13.8. The van der Waals surface area contributed by atoms with E-state index in [-0.39, 0.29) is 0 Å². The fourth-order valence-corrected chi connectivity index (χ4v) is 4.77. The molecule has 150 valence electrons. The number of piperidine rings is 1. The van der Waals surface area contributed by atoms with Crippen LogP contribution in [0.5, 0.6) is 0 Å². The maximum absolute atomic E-state index is 2.72. The normalized spacial score (nSPS) is 22.4. The molecule has 1 atom stereocenters. The van der Waals surface area contributed by atoms with E-state index in [0.29, 0.717) is 0 Å². The molecule has 28 heavy (non-hydrogen) atoms. The van der Waals surface area contributed by atoms with Crippen LogP contribution >= 0.6 is 0 Å². The van der Waals surface area contributed by atoms with Crippen LogP contribution in [0.1, 0.15) is 24.0 Å². The van der Waals surface area contributed by atoms with E-state index in [2.05, 4.69) is 75.4 Å². The molecule has 0 spiro atoms. The quantitative estimate of drug-likeness (QED) is 0.727. The second kappa shape index (κ2) is 10.2. The number of benzene rings is 2. The van der Waals surface area contributed by atoms with E-state index in [0.717, 1.165) is 12.5 Å². The van der Waals surface area contributed by atoms with Crippen LogP contribution in [-0.4, -0.2) is 67.1 Å². The largest absolute Gasteiger partial charge is 0.303 e. The second-order valence-corrected chi connectivity index (χ2v) is 8.61. The fourth-order valence-electron chi connectivity index (χ4n) is 4.77. The van der Waals surface area contributed by atoms with Gasteiger partial charge in [-0.05, 0) is 42.9 Å². The van der Waals surface area contributed by atoms with Gasteiger partial charge in [-0.25, -0.2) is 0 Å². The Kier molecular flexibility index (Phi) is 7.15. The van der Waals surface area contributed by atoms with Gasteiger partial charge in [0.05, 0.1) is 0 Å². The highest BCUT2D eigenvalue weighted by Gasteiger charge is 2.24. The molecule has 2 aromatic rings. The number of nitrogens with zero attached hydrogens (tertiary/aromatic N) is 3. The molecule has 0 radical (unpaired) electrons. The monoisotopic (exact) mass is 377 g/mol. The number of hydrogen-bond acceptors (Lipinski definition) is 3. The lowest BCUT2D eigenvalue weighted by molar-refractivity contribution is 0.0872. The molecule has 0 aromatic heterocycles. The van der Waals surface area contributed by atoms with Crippen LogP contribution in [0.3, 0.4) is 0 Å². The van der Waals surface area contributed by atoms with Crippen LogP contribution in [0, 0.1) is 5.92 Å². The van der Waals surface area contributed by atoms with Gasteiger partial charge < -0.3 is 9.80 Å². The predicted octanol–water partition coefficient (Wildman–Crippen LogP) is 3.76. The first-order valence-corrected chi connectivity index (χ1v) is 11.1. The molecule has 3 nitrogen and oxygen atoms in total. The van der Waals surface area contributed by atoms with E-state index in [1.54, 1.807) is 0 Å². The molecule has 2 fully saturated rings. The zero-order valence-electron chi connectivity index (χ0n) is 17.2. The van der Waals surface area contributed by atoms with Gasteiger partial charge in [-0.3, -0.25) is 4.90 Å². The maximum Gasteiger partial charge on any atom is 0.0234 e. The van der Waals surface area contributed by atoms with Crippen LogP contribution in [0.15, 0.2) is 60.7 Å². The third kappa shape index (κ3) is 5.91. The standard InChI is InChI=1S/C25H35N3/c1-3-8-23(9-4-1)13-15-26-14-7-12-25(21-26)22-28-18-16-27(17-19-28)20-24-10-5-2-6-11-24/h1-6,8-11,25H,7,12-22H2. The lowest BCUT2D eigenvalue weighted by atomic mass is 9.96. The van der Waals surface area contributed by atoms with Crippen molar-refractivity contribution in [3.63, 3.8) is 0 Å². The van der Waals surface area contributed by atoms with E-state index in [9.17, 15) is 0 Å². The molecular formula is C25H35N3. The summed E-state index contributed by atoms with van der Waals surface area (Å²) in [5.74, 6) is 0.852. The molecule has 0 N–H and O–H groups in total. The van der Waals surface area contributed by atoms with Gasteiger partial charge in [0, 0.05) is 52.4 Å². The van der Waals surface area contributed by atoms with E-state index in [1.807, 2.05) is 0 Å². The molecule has 2 aliphatic heterocycles.